The second-order valence-corrected chi connectivity index (χ2v) is 5.84. The van der Waals surface area contributed by atoms with Crippen LogP contribution in [0.4, 0.5) is 5.82 Å². The van der Waals surface area contributed by atoms with Gasteiger partial charge in [-0.15, -0.1) is 0 Å². The van der Waals surface area contributed by atoms with Crippen molar-refractivity contribution in [3.63, 3.8) is 0 Å². The van der Waals surface area contributed by atoms with Crippen molar-refractivity contribution >= 4 is 16.7 Å². The zero-order chi connectivity index (χ0) is 15.5. The second-order valence-electron chi connectivity index (χ2n) is 5.84. The Morgan fingerprint density at radius 3 is 2.74 bits per heavy atom. The molecule has 3 heterocycles. The highest BCUT2D eigenvalue weighted by molar-refractivity contribution is 5.86. The van der Waals surface area contributed by atoms with Gasteiger partial charge in [-0.3, -0.25) is 4.98 Å². The van der Waals surface area contributed by atoms with Crippen LogP contribution >= 0.6 is 0 Å². The molecule has 1 aromatic carbocycles. The smallest absolute Gasteiger partial charge is 0.146 e. The van der Waals surface area contributed by atoms with Gasteiger partial charge in [-0.25, -0.2) is 4.98 Å². The first-order valence-corrected chi connectivity index (χ1v) is 8.06. The second kappa shape index (κ2) is 6.24. The standard InChI is InChI=1S/C19H19N3O/c1-2-12-22(11-1)18-9-8-16-6-3-7-17(19(16)21-18)23-14-15-5-4-10-20-13-15/h3-10,13H,1-2,11-12,14H2. The Labute approximate surface area is 135 Å². The van der Waals surface area contributed by atoms with Crippen molar-refractivity contribution in [2.75, 3.05) is 18.0 Å². The van der Waals surface area contributed by atoms with E-state index in [-0.39, 0.29) is 0 Å². The fourth-order valence-electron chi connectivity index (χ4n) is 2.99. The van der Waals surface area contributed by atoms with E-state index in [0.29, 0.717) is 6.61 Å². The number of nitrogens with zero attached hydrogens (tertiary/aromatic N) is 3. The Hall–Kier alpha value is -2.62. The first-order valence-electron chi connectivity index (χ1n) is 8.06. The first-order chi connectivity index (χ1) is 11.4. The average molecular weight is 305 g/mol. The van der Waals surface area contributed by atoms with Crippen LogP contribution in [0.1, 0.15) is 18.4 Å². The molecule has 1 fully saturated rings. The van der Waals surface area contributed by atoms with Crippen LogP contribution in [0, 0.1) is 0 Å². The molecular formula is C19H19N3O. The summed E-state index contributed by atoms with van der Waals surface area (Å²) in [4.78, 5) is 11.3. The van der Waals surface area contributed by atoms with Gasteiger partial charge >= 0.3 is 0 Å². The van der Waals surface area contributed by atoms with Crippen LogP contribution in [-0.4, -0.2) is 23.1 Å². The SMILES string of the molecule is c1cncc(COc2cccc3ccc(N4CCCC4)nc23)c1. The summed E-state index contributed by atoms with van der Waals surface area (Å²) >= 11 is 0. The van der Waals surface area contributed by atoms with Crippen molar-refractivity contribution in [1.29, 1.82) is 0 Å². The van der Waals surface area contributed by atoms with Gasteiger partial charge in [0.2, 0.25) is 0 Å². The third-order valence-corrected chi connectivity index (χ3v) is 4.22. The van der Waals surface area contributed by atoms with E-state index >= 15 is 0 Å². The Bertz CT molecular complexity index is 798. The van der Waals surface area contributed by atoms with Crippen molar-refractivity contribution < 1.29 is 4.74 Å². The summed E-state index contributed by atoms with van der Waals surface area (Å²) in [5.41, 5.74) is 1.99. The lowest BCUT2D eigenvalue weighted by atomic mass is 10.2. The maximum Gasteiger partial charge on any atom is 0.146 e. The summed E-state index contributed by atoms with van der Waals surface area (Å²) in [6.07, 6.45) is 6.09. The number of hydrogen-bond donors (Lipinski definition) is 0. The Morgan fingerprint density at radius 1 is 1.00 bits per heavy atom. The average Bonchev–Trinajstić information content (AvgIpc) is 3.15. The number of para-hydroxylation sites is 1. The molecule has 0 amide bonds. The molecule has 3 aromatic rings. The molecule has 23 heavy (non-hydrogen) atoms. The highest BCUT2D eigenvalue weighted by Crippen LogP contribution is 2.28. The summed E-state index contributed by atoms with van der Waals surface area (Å²) in [7, 11) is 0. The third-order valence-electron chi connectivity index (χ3n) is 4.22. The van der Waals surface area contributed by atoms with E-state index in [2.05, 4.69) is 28.1 Å². The van der Waals surface area contributed by atoms with E-state index in [1.165, 1.54) is 12.8 Å². The largest absolute Gasteiger partial charge is 0.487 e. The molecule has 0 atom stereocenters. The Morgan fingerprint density at radius 2 is 1.91 bits per heavy atom. The summed E-state index contributed by atoms with van der Waals surface area (Å²) in [6, 6.07) is 14.3. The van der Waals surface area contributed by atoms with E-state index in [1.807, 2.05) is 30.5 Å². The molecule has 0 saturated carbocycles. The Balaban J connectivity index is 1.64. The molecule has 2 aromatic heterocycles. The molecule has 0 bridgehead atoms. The van der Waals surface area contributed by atoms with E-state index in [9.17, 15) is 0 Å². The van der Waals surface area contributed by atoms with E-state index < -0.39 is 0 Å². The summed E-state index contributed by atoms with van der Waals surface area (Å²) < 4.78 is 6.00. The summed E-state index contributed by atoms with van der Waals surface area (Å²) in [6.45, 7) is 2.69. The topological polar surface area (TPSA) is 38.2 Å². The number of rotatable bonds is 4. The van der Waals surface area contributed by atoms with Crippen molar-refractivity contribution in [2.24, 2.45) is 0 Å². The number of anilines is 1. The molecule has 1 aliphatic rings. The van der Waals surface area contributed by atoms with Gasteiger partial charge in [-0.2, -0.15) is 0 Å². The molecule has 1 saturated heterocycles. The first kappa shape index (κ1) is 14.0. The number of fused-ring (bicyclic) bond motifs is 1. The number of hydrogen-bond acceptors (Lipinski definition) is 4. The molecule has 4 nitrogen and oxygen atoms in total. The maximum atomic E-state index is 6.00. The van der Waals surface area contributed by atoms with Gasteiger partial charge in [0.25, 0.3) is 0 Å². The number of benzene rings is 1. The molecule has 4 heteroatoms. The normalized spacial score (nSPS) is 14.3. The van der Waals surface area contributed by atoms with Crippen LogP contribution in [0.15, 0.2) is 54.9 Å². The van der Waals surface area contributed by atoms with Gasteiger partial charge in [0, 0.05) is 36.4 Å². The lowest BCUT2D eigenvalue weighted by molar-refractivity contribution is 0.309. The van der Waals surface area contributed by atoms with Crippen LogP contribution in [0.5, 0.6) is 5.75 Å². The monoisotopic (exact) mass is 305 g/mol. The molecule has 116 valence electrons. The van der Waals surface area contributed by atoms with Gasteiger partial charge in [-0.1, -0.05) is 18.2 Å². The van der Waals surface area contributed by atoms with E-state index in [0.717, 1.165) is 41.1 Å². The third kappa shape index (κ3) is 2.97. The molecule has 0 spiro atoms. The van der Waals surface area contributed by atoms with Crippen molar-refractivity contribution in [2.45, 2.75) is 19.4 Å². The summed E-state index contributed by atoms with van der Waals surface area (Å²) in [5, 5.41) is 1.11. The van der Waals surface area contributed by atoms with Crippen LogP contribution in [0.3, 0.4) is 0 Å². The maximum absolute atomic E-state index is 6.00. The van der Waals surface area contributed by atoms with E-state index in [1.54, 1.807) is 6.20 Å². The molecule has 4 rings (SSSR count). The molecule has 0 radical (unpaired) electrons. The fourth-order valence-corrected chi connectivity index (χ4v) is 2.99. The number of aromatic nitrogens is 2. The summed E-state index contributed by atoms with van der Waals surface area (Å²) in [5.74, 6) is 1.87. The van der Waals surface area contributed by atoms with Gasteiger partial charge in [0.05, 0.1) is 0 Å². The molecule has 0 N–H and O–H groups in total. The van der Waals surface area contributed by atoms with E-state index in [4.69, 9.17) is 9.72 Å². The molecule has 0 aliphatic carbocycles. The lowest BCUT2D eigenvalue weighted by Crippen LogP contribution is -2.18. The Kier molecular flexibility index (Phi) is 3.80. The minimum Gasteiger partial charge on any atom is -0.487 e. The highest BCUT2D eigenvalue weighted by atomic mass is 16.5. The fraction of sp³-hybridized carbons (Fsp3) is 0.263. The lowest BCUT2D eigenvalue weighted by Gasteiger charge is -2.17. The van der Waals surface area contributed by atoms with Crippen LogP contribution in [-0.2, 0) is 6.61 Å². The van der Waals surface area contributed by atoms with Gasteiger partial charge in [0.15, 0.2) is 0 Å². The van der Waals surface area contributed by atoms with Gasteiger partial charge < -0.3 is 9.64 Å². The van der Waals surface area contributed by atoms with Gasteiger partial charge in [0.1, 0.15) is 23.7 Å². The molecule has 0 unspecified atom stereocenters. The van der Waals surface area contributed by atoms with Crippen LogP contribution < -0.4 is 9.64 Å². The van der Waals surface area contributed by atoms with Gasteiger partial charge in [-0.05, 0) is 37.1 Å². The highest BCUT2D eigenvalue weighted by Gasteiger charge is 2.14. The quantitative estimate of drug-likeness (QED) is 0.734. The minimum absolute atomic E-state index is 0.503. The number of pyridine rings is 2. The van der Waals surface area contributed by atoms with Crippen molar-refractivity contribution in [3.8, 4) is 5.75 Å². The predicted octanol–water partition coefficient (Wildman–Crippen LogP) is 3.81. The minimum atomic E-state index is 0.503. The van der Waals surface area contributed by atoms with Crippen LogP contribution in [0.2, 0.25) is 0 Å². The van der Waals surface area contributed by atoms with Crippen LogP contribution in [0.25, 0.3) is 10.9 Å². The zero-order valence-electron chi connectivity index (χ0n) is 13.0. The van der Waals surface area contributed by atoms with Crippen molar-refractivity contribution in [3.05, 3.63) is 60.4 Å². The molecule has 1 aliphatic heterocycles. The zero-order valence-corrected chi connectivity index (χ0v) is 13.0. The molecular weight excluding hydrogens is 286 g/mol. The van der Waals surface area contributed by atoms with Crippen molar-refractivity contribution in [1.82, 2.24) is 9.97 Å². The number of ether oxygens (including phenoxy) is 1. The predicted molar refractivity (Wildman–Crippen MR) is 91.8 cm³/mol.